The zero-order chi connectivity index (χ0) is 11.8. The second-order valence-electron chi connectivity index (χ2n) is 4.29. The van der Waals surface area contributed by atoms with Crippen molar-refractivity contribution in [3.63, 3.8) is 0 Å². The van der Waals surface area contributed by atoms with Crippen LogP contribution in [-0.2, 0) is 6.42 Å². The van der Waals surface area contributed by atoms with Gasteiger partial charge in [-0.3, -0.25) is 0 Å². The Morgan fingerprint density at radius 3 is 2.19 bits per heavy atom. The summed E-state index contributed by atoms with van der Waals surface area (Å²) in [7, 11) is 0. The molecule has 90 valence electrons. The SMILES string of the molecule is CCCN(CCC)CCc1ccccc1N. The Balaban J connectivity index is 2.45. The summed E-state index contributed by atoms with van der Waals surface area (Å²) >= 11 is 0. The first-order chi connectivity index (χ1) is 7.77. The van der Waals surface area contributed by atoms with Crippen LogP contribution in [0, 0.1) is 0 Å². The number of hydrogen-bond donors (Lipinski definition) is 1. The molecule has 0 radical (unpaired) electrons. The first-order valence-electron chi connectivity index (χ1n) is 6.33. The van der Waals surface area contributed by atoms with Gasteiger partial charge >= 0.3 is 0 Å². The van der Waals surface area contributed by atoms with Crippen molar-refractivity contribution < 1.29 is 0 Å². The maximum atomic E-state index is 5.94. The van der Waals surface area contributed by atoms with Crippen LogP contribution in [0.5, 0.6) is 0 Å². The van der Waals surface area contributed by atoms with Crippen LogP contribution >= 0.6 is 0 Å². The first-order valence-corrected chi connectivity index (χ1v) is 6.33. The third-order valence-electron chi connectivity index (χ3n) is 2.83. The number of benzene rings is 1. The highest BCUT2D eigenvalue weighted by atomic mass is 15.1. The van der Waals surface area contributed by atoms with Gasteiger partial charge in [0.1, 0.15) is 0 Å². The molecule has 0 aliphatic rings. The molecule has 2 heteroatoms. The lowest BCUT2D eigenvalue weighted by Gasteiger charge is -2.21. The molecule has 0 saturated heterocycles. The lowest BCUT2D eigenvalue weighted by atomic mass is 10.1. The summed E-state index contributed by atoms with van der Waals surface area (Å²) in [5.74, 6) is 0. The number of para-hydroxylation sites is 1. The van der Waals surface area contributed by atoms with E-state index in [1.807, 2.05) is 12.1 Å². The van der Waals surface area contributed by atoms with E-state index in [-0.39, 0.29) is 0 Å². The summed E-state index contributed by atoms with van der Waals surface area (Å²) < 4.78 is 0. The normalized spacial score (nSPS) is 10.9. The summed E-state index contributed by atoms with van der Waals surface area (Å²) in [6, 6.07) is 8.18. The van der Waals surface area contributed by atoms with Gasteiger partial charge in [0.2, 0.25) is 0 Å². The van der Waals surface area contributed by atoms with Crippen molar-refractivity contribution in [1.29, 1.82) is 0 Å². The Hall–Kier alpha value is -1.02. The van der Waals surface area contributed by atoms with Crippen LogP contribution in [-0.4, -0.2) is 24.5 Å². The topological polar surface area (TPSA) is 29.3 Å². The number of hydrogen-bond acceptors (Lipinski definition) is 2. The number of nitrogen functional groups attached to an aromatic ring is 1. The molecule has 16 heavy (non-hydrogen) atoms. The molecule has 0 aliphatic heterocycles. The quantitative estimate of drug-likeness (QED) is 0.716. The van der Waals surface area contributed by atoms with Gasteiger partial charge in [0.15, 0.2) is 0 Å². The molecule has 0 atom stereocenters. The molecule has 1 rings (SSSR count). The molecule has 0 aliphatic carbocycles. The molecule has 0 bridgehead atoms. The fourth-order valence-corrected chi connectivity index (χ4v) is 2.01. The monoisotopic (exact) mass is 220 g/mol. The van der Waals surface area contributed by atoms with Gasteiger partial charge in [-0.15, -0.1) is 0 Å². The van der Waals surface area contributed by atoms with Crippen molar-refractivity contribution in [3.05, 3.63) is 29.8 Å². The second-order valence-corrected chi connectivity index (χ2v) is 4.29. The van der Waals surface area contributed by atoms with Crippen LogP contribution in [0.2, 0.25) is 0 Å². The van der Waals surface area contributed by atoms with Crippen molar-refractivity contribution in [2.75, 3.05) is 25.4 Å². The number of rotatable bonds is 7. The second kappa shape index (κ2) is 7.29. The predicted octanol–water partition coefficient (Wildman–Crippen LogP) is 2.93. The standard InChI is InChI=1S/C14H24N2/c1-3-10-16(11-4-2)12-9-13-7-5-6-8-14(13)15/h5-8H,3-4,9-12,15H2,1-2H3. The summed E-state index contributed by atoms with van der Waals surface area (Å²) in [5.41, 5.74) is 8.14. The molecule has 0 amide bonds. The van der Waals surface area contributed by atoms with Gasteiger partial charge in [-0.2, -0.15) is 0 Å². The highest BCUT2D eigenvalue weighted by Gasteiger charge is 2.04. The van der Waals surface area contributed by atoms with Crippen LogP contribution in [0.15, 0.2) is 24.3 Å². The third-order valence-corrected chi connectivity index (χ3v) is 2.83. The van der Waals surface area contributed by atoms with Gasteiger partial charge in [0.05, 0.1) is 0 Å². The predicted molar refractivity (Wildman–Crippen MR) is 71.6 cm³/mol. The summed E-state index contributed by atoms with van der Waals surface area (Å²) in [4.78, 5) is 2.52. The molecule has 0 unspecified atom stereocenters. The molecule has 1 aromatic rings. The largest absolute Gasteiger partial charge is 0.399 e. The molecular weight excluding hydrogens is 196 g/mol. The Labute approximate surface area is 99.5 Å². The lowest BCUT2D eigenvalue weighted by Crippen LogP contribution is -2.27. The van der Waals surface area contributed by atoms with Crippen LogP contribution in [0.1, 0.15) is 32.3 Å². The van der Waals surface area contributed by atoms with Gasteiger partial charge < -0.3 is 10.6 Å². The van der Waals surface area contributed by atoms with Crippen LogP contribution in [0.3, 0.4) is 0 Å². The van der Waals surface area contributed by atoms with E-state index in [0.717, 1.165) is 18.7 Å². The maximum Gasteiger partial charge on any atom is 0.0347 e. The summed E-state index contributed by atoms with van der Waals surface area (Å²) in [6.45, 7) is 7.98. The zero-order valence-corrected chi connectivity index (χ0v) is 10.6. The van der Waals surface area contributed by atoms with E-state index in [2.05, 4.69) is 30.9 Å². The van der Waals surface area contributed by atoms with Gasteiger partial charge in [-0.25, -0.2) is 0 Å². The van der Waals surface area contributed by atoms with E-state index in [9.17, 15) is 0 Å². The van der Waals surface area contributed by atoms with E-state index in [0.29, 0.717) is 0 Å². The molecule has 2 nitrogen and oxygen atoms in total. The van der Waals surface area contributed by atoms with E-state index >= 15 is 0 Å². The average Bonchev–Trinajstić information content (AvgIpc) is 2.28. The van der Waals surface area contributed by atoms with Crippen molar-refractivity contribution in [3.8, 4) is 0 Å². The minimum absolute atomic E-state index is 0.926. The molecule has 0 heterocycles. The van der Waals surface area contributed by atoms with Crippen LogP contribution in [0.25, 0.3) is 0 Å². The highest BCUT2D eigenvalue weighted by molar-refractivity contribution is 5.46. The Bertz CT molecular complexity index is 291. The minimum atomic E-state index is 0.926. The average molecular weight is 220 g/mol. The summed E-state index contributed by atoms with van der Waals surface area (Å²) in [6.07, 6.45) is 3.52. The van der Waals surface area contributed by atoms with E-state index in [1.54, 1.807) is 0 Å². The molecule has 0 aromatic heterocycles. The van der Waals surface area contributed by atoms with Crippen molar-refractivity contribution in [2.45, 2.75) is 33.1 Å². The molecule has 1 aromatic carbocycles. The van der Waals surface area contributed by atoms with Crippen molar-refractivity contribution in [2.24, 2.45) is 0 Å². The molecular formula is C14H24N2. The number of nitrogens with two attached hydrogens (primary N) is 1. The van der Waals surface area contributed by atoms with Crippen molar-refractivity contribution >= 4 is 5.69 Å². The lowest BCUT2D eigenvalue weighted by molar-refractivity contribution is 0.278. The Kier molecular flexibility index (Phi) is 5.94. The van der Waals surface area contributed by atoms with E-state index < -0.39 is 0 Å². The first kappa shape index (κ1) is 13.0. The Morgan fingerprint density at radius 2 is 1.62 bits per heavy atom. The van der Waals surface area contributed by atoms with Crippen molar-refractivity contribution in [1.82, 2.24) is 4.90 Å². The number of nitrogens with zero attached hydrogens (tertiary/aromatic N) is 1. The molecule has 0 spiro atoms. The van der Waals surface area contributed by atoms with Crippen LogP contribution in [0.4, 0.5) is 5.69 Å². The third kappa shape index (κ3) is 4.23. The Morgan fingerprint density at radius 1 is 1.00 bits per heavy atom. The fraction of sp³-hybridized carbons (Fsp3) is 0.571. The smallest absolute Gasteiger partial charge is 0.0347 e. The van der Waals surface area contributed by atoms with E-state index in [4.69, 9.17) is 5.73 Å². The fourth-order valence-electron chi connectivity index (χ4n) is 2.01. The highest BCUT2D eigenvalue weighted by Crippen LogP contribution is 2.11. The molecule has 0 saturated carbocycles. The van der Waals surface area contributed by atoms with Gasteiger partial charge in [-0.05, 0) is 44.0 Å². The maximum absolute atomic E-state index is 5.94. The molecule has 0 fully saturated rings. The molecule has 2 N–H and O–H groups in total. The van der Waals surface area contributed by atoms with E-state index in [1.165, 1.54) is 31.5 Å². The van der Waals surface area contributed by atoms with Crippen LogP contribution < -0.4 is 5.73 Å². The van der Waals surface area contributed by atoms with Gasteiger partial charge in [0.25, 0.3) is 0 Å². The minimum Gasteiger partial charge on any atom is -0.399 e. The summed E-state index contributed by atoms with van der Waals surface area (Å²) in [5, 5.41) is 0. The zero-order valence-electron chi connectivity index (χ0n) is 10.6. The number of anilines is 1. The van der Waals surface area contributed by atoms with Gasteiger partial charge in [0, 0.05) is 12.2 Å². The van der Waals surface area contributed by atoms with Gasteiger partial charge in [-0.1, -0.05) is 32.0 Å².